The number of likely N-dealkylation sites (N-methyl/N-ethyl adjacent to an activating group) is 1. The third kappa shape index (κ3) is 4.79. The number of amides is 1. The average molecular weight is 317 g/mol. The van der Waals surface area contributed by atoms with Gasteiger partial charge in [-0.2, -0.15) is 0 Å². The van der Waals surface area contributed by atoms with Gasteiger partial charge in [-0.25, -0.2) is 0 Å². The molecule has 0 saturated carbocycles. The topological polar surface area (TPSA) is 49.6 Å². The summed E-state index contributed by atoms with van der Waals surface area (Å²) in [4.78, 5) is 17.1. The summed E-state index contributed by atoms with van der Waals surface area (Å²) in [7, 11) is 0. The maximum atomic E-state index is 12.7. The van der Waals surface area contributed by atoms with Crippen LogP contribution in [0.3, 0.4) is 0 Å². The van der Waals surface area contributed by atoms with Crippen molar-refractivity contribution in [3.8, 4) is 0 Å². The fourth-order valence-electron chi connectivity index (χ4n) is 3.34. The van der Waals surface area contributed by atoms with Crippen LogP contribution >= 0.6 is 0 Å². The Hall–Kier alpha value is -1.39. The zero-order valence-corrected chi connectivity index (χ0v) is 14.7. The van der Waals surface area contributed by atoms with Gasteiger partial charge in [-0.15, -0.1) is 0 Å². The second kappa shape index (κ2) is 8.46. The molecule has 1 saturated heterocycles. The summed E-state index contributed by atoms with van der Waals surface area (Å²) in [5, 5.41) is 0. The van der Waals surface area contributed by atoms with Gasteiger partial charge in [-0.3, -0.25) is 9.69 Å². The molecule has 0 spiro atoms. The molecule has 128 valence electrons. The highest BCUT2D eigenvalue weighted by molar-refractivity contribution is 5.82. The molecular weight excluding hydrogens is 286 g/mol. The molecule has 2 rings (SSSR count). The van der Waals surface area contributed by atoms with Crippen LogP contribution in [0, 0.1) is 5.92 Å². The van der Waals surface area contributed by atoms with Crippen LogP contribution in [-0.4, -0.2) is 47.4 Å². The Balaban J connectivity index is 1.99. The van der Waals surface area contributed by atoms with Crippen LogP contribution in [0.4, 0.5) is 0 Å². The van der Waals surface area contributed by atoms with E-state index in [1.54, 1.807) is 0 Å². The highest BCUT2D eigenvalue weighted by Crippen LogP contribution is 2.19. The molecule has 1 amide bonds. The van der Waals surface area contributed by atoms with Gasteiger partial charge in [0.2, 0.25) is 5.91 Å². The van der Waals surface area contributed by atoms with E-state index >= 15 is 0 Å². The van der Waals surface area contributed by atoms with E-state index in [0.29, 0.717) is 0 Å². The van der Waals surface area contributed by atoms with Crippen LogP contribution in [0.1, 0.15) is 39.2 Å². The SMILES string of the molecule is CCN(C(=O)[C@@H](N)C(C)C)[C@@H]1CCCN(Cc2ccccc2)C1. The van der Waals surface area contributed by atoms with Crippen molar-refractivity contribution in [2.24, 2.45) is 11.7 Å². The summed E-state index contributed by atoms with van der Waals surface area (Å²) in [6.07, 6.45) is 2.22. The minimum Gasteiger partial charge on any atom is -0.337 e. The maximum Gasteiger partial charge on any atom is 0.240 e. The Morgan fingerprint density at radius 1 is 1.35 bits per heavy atom. The number of rotatable bonds is 6. The molecule has 1 aromatic carbocycles. The first kappa shape index (κ1) is 18.0. The third-order valence-electron chi connectivity index (χ3n) is 4.80. The lowest BCUT2D eigenvalue weighted by Gasteiger charge is -2.40. The predicted molar refractivity (Wildman–Crippen MR) is 94.9 cm³/mol. The standard InChI is InChI=1S/C19H31N3O/c1-4-22(19(23)18(20)15(2)3)17-11-8-12-21(14-17)13-16-9-6-5-7-10-16/h5-7,9-10,15,17-18H,4,8,11-14,20H2,1-3H3/t17-,18+/m1/s1. The van der Waals surface area contributed by atoms with Crippen LogP contribution in [0.2, 0.25) is 0 Å². The number of carbonyl (C=O) groups excluding carboxylic acids is 1. The molecule has 1 fully saturated rings. The Labute approximate surface area is 140 Å². The first-order valence-corrected chi connectivity index (χ1v) is 8.85. The number of nitrogens with zero attached hydrogens (tertiary/aromatic N) is 2. The van der Waals surface area contributed by atoms with E-state index < -0.39 is 0 Å². The van der Waals surface area contributed by atoms with Crippen molar-refractivity contribution in [1.29, 1.82) is 0 Å². The van der Waals surface area contributed by atoms with E-state index in [9.17, 15) is 4.79 Å². The normalized spacial score (nSPS) is 20.5. The zero-order valence-electron chi connectivity index (χ0n) is 14.7. The molecule has 4 nitrogen and oxygen atoms in total. The number of likely N-dealkylation sites (tertiary alicyclic amines) is 1. The first-order chi connectivity index (χ1) is 11.0. The molecule has 0 unspecified atom stereocenters. The first-order valence-electron chi connectivity index (χ1n) is 8.85. The lowest BCUT2D eigenvalue weighted by atomic mass is 9.99. The van der Waals surface area contributed by atoms with E-state index in [0.717, 1.165) is 39.0 Å². The van der Waals surface area contributed by atoms with Crippen LogP contribution in [0.25, 0.3) is 0 Å². The third-order valence-corrected chi connectivity index (χ3v) is 4.80. The van der Waals surface area contributed by atoms with Crippen molar-refractivity contribution in [3.05, 3.63) is 35.9 Å². The largest absolute Gasteiger partial charge is 0.337 e. The van der Waals surface area contributed by atoms with E-state index in [4.69, 9.17) is 5.73 Å². The van der Waals surface area contributed by atoms with E-state index in [2.05, 4.69) is 36.1 Å². The Morgan fingerprint density at radius 3 is 2.65 bits per heavy atom. The minimum atomic E-state index is -0.389. The molecule has 23 heavy (non-hydrogen) atoms. The van der Waals surface area contributed by atoms with Gasteiger partial charge in [-0.1, -0.05) is 44.2 Å². The number of benzene rings is 1. The van der Waals surface area contributed by atoms with Gasteiger partial charge in [-0.05, 0) is 37.8 Å². The molecule has 0 bridgehead atoms. The van der Waals surface area contributed by atoms with Gasteiger partial charge < -0.3 is 10.6 Å². The lowest BCUT2D eigenvalue weighted by Crippen LogP contribution is -2.55. The minimum absolute atomic E-state index is 0.106. The summed E-state index contributed by atoms with van der Waals surface area (Å²) in [6.45, 7) is 9.83. The van der Waals surface area contributed by atoms with Gasteiger partial charge in [0.15, 0.2) is 0 Å². The molecule has 1 heterocycles. The molecule has 2 N–H and O–H groups in total. The Morgan fingerprint density at radius 2 is 2.04 bits per heavy atom. The van der Waals surface area contributed by atoms with Crippen molar-refractivity contribution in [1.82, 2.24) is 9.80 Å². The number of hydrogen-bond acceptors (Lipinski definition) is 3. The summed E-state index contributed by atoms with van der Waals surface area (Å²) in [5.74, 6) is 0.287. The summed E-state index contributed by atoms with van der Waals surface area (Å²) >= 11 is 0. The number of nitrogens with two attached hydrogens (primary N) is 1. The smallest absolute Gasteiger partial charge is 0.240 e. The molecule has 2 atom stereocenters. The van der Waals surface area contributed by atoms with Gasteiger partial charge >= 0.3 is 0 Å². The van der Waals surface area contributed by atoms with Crippen LogP contribution < -0.4 is 5.73 Å². The van der Waals surface area contributed by atoms with Gasteiger partial charge in [0.25, 0.3) is 0 Å². The molecule has 0 radical (unpaired) electrons. The molecular formula is C19H31N3O. The van der Waals surface area contributed by atoms with Gasteiger partial charge in [0.1, 0.15) is 0 Å². The van der Waals surface area contributed by atoms with E-state index in [1.807, 2.05) is 24.8 Å². The van der Waals surface area contributed by atoms with Crippen LogP contribution in [0.5, 0.6) is 0 Å². The Bertz CT molecular complexity index is 489. The quantitative estimate of drug-likeness (QED) is 0.877. The van der Waals surface area contributed by atoms with Crippen molar-refractivity contribution < 1.29 is 4.79 Å². The number of carbonyl (C=O) groups is 1. The monoisotopic (exact) mass is 317 g/mol. The molecule has 1 aromatic rings. The molecule has 4 heteroatoms. The summed E-state index contributed by atoms with van der Waals surface area (Å²) in [6, 6.07) is 10.4. The van der Waals surface area contributed by atoms with Crippen molar-refractivity contribution >= 4 is 5.91 Å². The number of piperidine rings is 1. The van der Waals surface area contributed by atoms with Gasteiger partial charge in [0, 0.05) is 25.7 Å². The number of hydrogen-bond donors (Lipinski definition) is 1. The second-order valence-electron chi connectivity index (χ2n) is 6.91. The average Bonchev–Trinajstić information content (AvgIpc) is 2.56. The fraction of sp³-hybridized carbons (Fsp3) is 0.632. The van der Waals surface area contributed by atoms with E-state index in [1.165, 1.54) is 5.56 Å². The second-order valence-corrected chi connectivity index (χ2v) is 6.91. The zero-order chi connectivity index (χ0) is 16.8. The molecule has 1 aliphatic rings. The highest BCUT2D eigenvalue weighted by atomic mass is 16.2. The summed E-state index contributed by atoms with van der Waals surface area (Å²) in [5.41, 5.74) is 7.43. The van der Waals surface area contributed by atoms with Crippen molar-refractivity contribution in [2.75, 3.05) is 19.6 Å². The Kier molecular flexibility index (Phi) is 6.60. The fourth-order valence-corrected chi connectivity index (χ4v) is 3.34. The lowest BCUT2D eigenvalue weighted by molar-refractivity contribution is -0.136. The van der Waals surface area contributed by atoms with Crippen molar-refractivity contribution in [2.45, 2.75) is 52.2 Å². The van der Waals surface area contributed by atoms with E-state index in [-0.39, 0.29) is 23.9 Å². The van der Waals surface area contributed by atoms with Crippen LogP contribution in [0.15, 0.2) is 30.3 Å². The molecule has 1 aliphatic heterocycles. The summed E-state index contributed by atoms with van der Waals surface area (Å²) < 4.78 is 0. The van der Waals surface area contributed by atoms with Gasteiger partial charge in [0.05, 0.1) is 6.04 Å². The molecule has 0 aliphatic carbocycles. The molecule has 0 aromatic heterocycles. The van der Waals surface area contributed by atoms with Crippen LogP contribution in [-0.2, 0) is 11.3 Å². The maximum absolute atomic E-state index is 12.7. The van der Waals surface area contributed by atoms with Crippen molar-refractivity contribution in [3.63, 3.8) is 0 Å². The predicted octanol–water partition coefficient (Wildman–Crippen LogP) is 2.48. The highest BCUT2D eigenvalue weighted by Gasteiger charge is 2.31.